The minimum atomic E-state index is -0.291. The first-order valence-corrected chi connectivity index (χ1v) is 6.23. The molecule has 2 rings (SSSR count). The highest BCUT2D eigenvalue weighted by atomic mass is 79.9. The van der Waals surface area contributed by atoms with Crippen LogP contribution in [0.1, 0.15) is 27.7 Å². The molecule has 0 aromatic heterocycles. The van der Waals surface area contributed by atoms with E-state index in [0.29, 0.717) is 0 Å². The third-order valence-corrected chi connectivity index (χ3v) is 4.13. The normalized spacial score (nSPS) is 22.4. The molecular weight excluding hydrogens is 267 g/mol. The Morgan fingerprint density at radius 3 is 2.00 bits per heavy atom. The first-order chi connectivity index (χ1) is 7.33. The zero-order chi connectivity index (χ0) is 12.0. The molecule has 16 heavy (non-hydrogen) atoms. The quantitative estimate of drug-likeness (QED) is 0.738. The van der Waals surface area contributed by atoms with Crippen molar-refractivity contribution in [1.82, 2.24) is 0 Å². The number of halogens is 1. The van der Waals surface area contributed by atoms with E-state index in [1.165, 1.54) is 0 Å². The zero-order valence-electron chi connectivity index (χ0n) is 10.1. The maximum atomic E-state index is 5.98. The van der Waals surface area contributed by atoms with Gasteiger partial charge in [-0.3, -0.25) is 0 Å². The molecule has 2 nitrogen and oxygen atoms in total. The Morgan fingerprint density at radius 2 is 1.50 bits per heavy atom. The van der Waals surface area contributed by atoms with Gasteiger partial charge in [0.15, 0.2) is 0 Å². The van der Waals surface area contributed by atoms with Gasteiger partial charge < -0.3 is 9.31 Å². The third kappa shape index (κ3) is 1.94. The average molecular weight is 283 g/mol. The van der Waals surface area contributed by atoms with Crippen molar-refractivity contribution in [2.75, 3.05) is 0 Å². The van der Waals surface area contributed by atoms with E-state index in [0.717, 1.165) is 9.94 Å². The summed E-state index contributed by atoms with van der Waals surface area (Å²) in [6, 6.07) is 8.00. The summed E-state index contributed by atoms with van der Waals surface area (Å²) in [4.78, 5) is 0. The fraction of sp³-hybridized carbons (Fsp3) is 0.500. The molecule has 1 aromatic rings. The van der Waals surface area contributed by atoms with Crippen LogP contribution in [-0.2, 0) is 9.31 Å². The van der Waals surface area contributed by atoms with E-state index in [-0.39, 0.29) is 18.3 Å². The van der Waals surface area contributed by atoms with Gasteiger partial charge in [0.1, 0.15) is 0 Å². The van der Waals surface area contributed by atoms with Gasteiger partial charge in [0.2, 0.25) is 0 Å². The van der Waals surface area contributed by atoms with Gasteiger partial charge in [0.05, 0.1) is 11.2 Å². The van der Waals surface area contributed by atoms with Crippen LogP contribution in [0.2, 0.25) is 0 Å². The number of hydrogen-bond donors (Lipinski definition) is 0. The Morgan fingerprint density at radius 1 is 1.00 bits per heavy atom. The van der Waals surface area contributed by atoms with E-state index in [4.69, 9.17) is 9.31 Å². The summed E-state index contributed by atoms with van der Waals surface area (Å²) >= 11 is 3.52. The molecule has 4 heteroatoms. The van der Waals surface area contributed by atoms with E-state index >= 15 is 0 Å². The average Bonchev–Trinajstić information content (AvgIpc) is 2.36. The summed E-state index contributed by atoms with van der Waals surface area (Å²) in [6.07, 6.45) is 0. The molecule has 86 valence electrons. The topological polar surface area (TPSA) is 18.5 Å². The lowest BCUT2D eigenvalue weighted by Gasteiger charge is -2.32. The van der Waals surface area contributed by atoms with Gasteiger partial charge >= 0.3 is 7.12 Å². The van der Waals surface area contributed by atoms with Crippen molar-refractivity contribution >= 4 is 28.5 Å². The molecule has 0 aliphatic carbocycles. The number of rotatable bonds is 1. The van der Waals surface area contributed by atoms with Crippen LogP contribution in [-0.4, -0.2) is 18.3 Å². The Labute approximate surface area is 106 Å². The molecule has 0 amide bonds. The predicted molar refractivity (Wildman–Crippen MR) is 69.9 cm³/mol. The molecular formula is C12H16BBrO2. The molecule has 0 saturated carbocycles. The van der Waals surface area contributed by atoms with Crippen LogP contribution in [0.5, 0.6) is 0 Å². The van der Waals surface area contributed by atoms with E-state index in [2.05, 4.69) is 43.6 Å². The summed E-state index contributed by atoms with van der Waals surface area (Å²) in [5.41, 5.74) is 0.473. The molecule has 1 aromatic carbocycles. The first-order valence-electron chi connectivity index (χ1n) is 5.43. The summed E-state index contributed by atoms with van der Waals surface area (Å²) in [5, 5.41) is 0. The van der Waals surface area contributed by atoms with Gasteiger partial charge in [-0.05, 0) is 39.2 Å². The van der Waals surface area contributed by atoms with Crippen LogP contribution in [0.4, 0.5) is 0 Å². The van der Waals surface area contributed by atoms with Gasteiger partial charge in [-0.25, -0.2) is 0 Å². The summed E-state index contributed by atoms with van der Waals surface area (Å²) in [5.74, 6) is 0. The molecule has 1 heterocycles. The molecule has 0 bridgehead atoms. The van der Waals surface area contributed by atoms with Crippen molar-refractivity contribution in [3.63, 3.8) is 0 Å². The van der Waals surface area contributed by atoms with Gasteiger partial charge in [0.25, 0.3) is 0 Å². The van der Waals surface area contributed by atoms with E-state index in [1.807, 2.05) is 24.3 Å². The van der Waals surface area contributed by atoms with Crippen LogP contribution in [0, 0.1) is 0 Å². The fourth-order valence-corrected chi connectivity index (χ4v) is 2.11. The molecule has 0 unspecified atom stereocenters. The minimum absolute atomic E-state index is 0.285. The molecule has 0 radical (unpaired) electrons. The Hall–Kier alpha value is -0.315. The third-order valence-electron chi connectivity index (χ3n) is 3.41. The van der Waals surface area contributed by atoms with E-state index in [1.54, 1.807) is 0 Å². The molecule has 0 atom stereocenters. The molecule has 1 saturated heterocycles. The van der Waals surface area contributed by atoms with Crippen molar-refractivity contribution in [2.45, 2.75) is 38.9 Å². The van der Waals surface area contributed by atoms with Crippen LogP contribution in [0.3, 0.4) is 0 Å². The van der Waals surface area contributed by atoms with Gasteiger partial charge in [-0.2, -0.15) is 0 Å². The lowest BCUT2D eigenvalue weighted by molar-refractivity contribution is 0.00578. The fourth-order valence-electron chi connectivity index (χ4n) is 1.64. The monoisotopic (exact) mass is 282 g/mol. The molecule has 1 aliphatic rings. The van der Waals surface area contributed by atoms with Crippen molar-refractivity contribution < 1.29 is 9.31 Å². The zero-order valence-corrected chi connectivity index (χ0v) is 11.7. The molecule has 0 N–H and O–H groups in total. The Bertz CT molecular complexity index is 388. The van der Waals surface area contributed by atoms with Crippen molar-refractivity contribution in [1.29, 1.82) is 0 Å². The predicted octanol–water partition coefficient (Wildman–Crippen LogP) is 2.75. The Kier molecular flexibility index (Phi) is 2.93. The highest BCUT2D eigenvalue weighted by Crippen LogP contribution is 2.36. The van der Waals surface area contributed by atoms with Crippen LogP contribution < -0.4 is 5.46 Å². The number of hydrogen-bond acceptors (Lipinski definition) is 2. The minimum Gasteiger partial charge on any atom is -0.399 e. The van der Waals surface area contributed by atoms with E-state index in [9.17, 15) is 0 Å². The lowest BCUT2D eigenvalue weighted by atomic mass is 9.79. The molecule has 1 aliphatic heterocycles. The lowest BCUT2D eigenvalue weighted by Crippen LogP contribution is -2.41. The maximum absolute atomic E-state index is 5.98. The maximum Gasteiger partial charge on any atom is 0.495 e. The highest BCUT2D eigenvalue weighted by Gasteiger charge is 2.52. The van der Waals surface area contributed by atoms with E-state index < -0.39 is 0 Å². The van der Waals surface area contributed by atoms with Crippen LogP contribution in [0.25, 0.3) is 0 Å². The smallest absolute Gasteiger partial charge is 0.399 e. The van der Waals surface area contributed by atoms with Gasteiger partial charge in [0, 0.05) is 4.47 Å². The highest BCUT2D eigenvalue weighted by molar-refractivity contribution is 9.10. The standard InChI is InChI=1S/C12H16BBrO2/c1-11(2)12(3,4)16-13(15-11)9-7-5-6-8-10(9)14/h5-8H,1-4H3. The second-order valence-corrected chi connectivity index (χ2v) is 5.96. The second-order valence-electron chi connectivity index (χ2n) is 5.11. The van der Waals surface area contributed by atoms with Gasteiger partial charge in [-0.15, -0.1) is 0 Å². The molecule has 1 fully saturated rings. The van der Waals surface area contributed by atoms with Gasteiger partial charge in [-0.1, -0.05) is 34.1 Å². The SMILES string of the molecule is CC1(C)OB(c2ccccc2Br)OC1(C)C. The summed E-state index contributed by atoms with van der Waals surface area (Å²) in [7, 11) is -0.291. The summed E-state index contributed by atoms with van der Waals surface area (Å²) < 4.78 is 13.0. The largest absolute Gasteiger partial charge is 0.495 e. The van der Waals surface area contributed by atoms with Crippen molar-refractivity contribution in [3.05, 3.63) is 28.7 Å². The van der Waals surface area contributed by atoms with Crippen LogP contribution >= 0.6 is 15.9 Å². The number of benzene rings is 1. The van der Waals surface area contributed by atoms with Crippen molar-refractivity contribution in [2.24, 2.45) is 0 Å². The molecule has 0 spiro atoms. The van der Waals surface area contributed by atoms with Crippen molar-refractivity contribution in [3.8, 4) is 0 Å². The second kappa shape index (κ2) is 3.86. The summed E-state index contributed by atoms with van der Waals surface area (Å²) in [6.45, 7) is 8.24. The van der Waals surface area contributed by atoms with Crippen LogP contribution in [0.15, 0.2) is 28.7 Å². The Balaban J connectivity index is 2.31. The first kappa shape index (κ1) is 12.2.